The summed E-state index contributed by atoms with van der Waals surface area (Å²) in [5.74, 6) is -2.83. The highest BCUT2D eigenvalue weighted by Gasteiger charge is 2.41. The van der Waals surface area contributed by atoms with Crippen molar-refractivity contribution in [3.8, 4) is 22.4 Å². The molecule has 2 N–H and O–H groups in total. The van der Waals surface area contributed by atoms with Gasteiger partial charge in [-0.2, -0.15) is 13.2 Å². The molecule has 0 spiro atoms. The summed E-state index contributed by atoms with van der Waals surface area (Å²) in [5, 5.41) is 8.56. The van der Waals surface area contributed by atoms with Crippen molar-refractivity contribution in [3.63, 3.8) is 0 Å². The molecule has 1 heterocycles. The van der Waals surface area contributed by atoms with Gasteiger partial charge in [-0.05, 0) is 35.9 Å². The van der Waals surface area contributed by atoms with Crippen LogP contribution in [0.4, 0.5) is 17.6 Å². The molecule has 0 atom stereocenters. The Balaban J connectivity index is 2.30. The van der Waals surface area contributed by atoms with E-state index in [0.717, 1.165) is 12.1 Å². The zero-order valence-electron chi connectivity index (χ0n) is 13.4. The van der Waals surface area contributed by atoms with Crippen molar-refractivity contribution in [2.75, 3.05) is 0 Å². The number of rotatable bonds is 3. The van der Waals surface area contributed by atoms with E-state index in [0.29, 0.717) is 6.07 Å². The Labute approximate surface area is 165 Å². The lowest BCUT2D eigenvalue weighted by molar-refractivity contribution is -0.154. The largest absolute Gasteiger partial charge is 0.453 e. The van der Waals surface area contributed by atoms with Gasteiger partial charge in [0, 0.05) is 15.6 Å². The number of alkyl halides is 3. The number of aromatic nitrogens is 1. The maximum Gasteiger partial charge on any atom is 0.453 e. The summed E-state index contributed by atoms with van der Waals surface area (Å²) in [7, 11) is -4.40. The molecule has 0 fully saturated rings. The van der Waals surface area contributed by atoms with Crippen LogP contribution >= 0.6 is 23.2 Å². The van der Waals surface area contributed by atoms with E-state index in [1.54, 1.807) is 0 Å². The van der Waals surface area contributed by atoms with Crippen molar-refractivity contribution >= 4 is 33.2 Å². The highest BCUT2D eigenvalue weighted by Crippen LogP contribution is 2.43. The molecular formula is C16H8Cl2F4N2O3S. The molecule has 0 radical (unpaired) electrons. The number of halogens is 6. The number of nitrogens with two attached hydrogens (primary N) is 1. The molecule has 148 valence electrons. The van der Waals surface area contributed by atoms with Gasteiger partial charge >= 0.3 is 6.18 Å². The van der Waals surface area contributed by atoms with Gasteiger partial charge in [0.05, 0.1) is 5.56 Å². The van der Waals surface area contributed by atoms with Crippen LogP contribution in [0, 0.1) is 5.82 Å². The van der Waals surface area contributed by atoms with Crippen molar-refractivity contribution < 1.29 is 30.5 Å². The molecule has 0 amide bonds. The maximum absolute atomic E-state index is 14.2. The first-order valence-electron chi connectivity index (χ1n) is 7.24. The third-order valence-corrected chi connectivity index (χ3v) is 4.99. The minimum atomic E-state index is -4.96. The van der Waals surface area contributed by atoms with Crippen LogP contribution in [0.2, 0.25) is 10.0 Å². The SMILES string of the molecule is NS(=O)(=O)c1ccc(-c2c(-c3cc(Cl)cc(Cl)c3)noc2C(F)(F)F)cc1F. The van der Waals surface area contributed by atoms with Gasteiger partial charge in [0.25, 0.3) is 0 Å². The average molecular weight is 455 g/mol. The molecule has 2 aromatic carbocycles. The monoisotopic (exact) mass is 454 g/mol. The average Bonchev–Trinajstić information content (AvgIpc) is 2.97. The lowest BCUT2D eigenvalue weighted by Gasteiger charge is -2.09. The van der Waals surface area contributed by atoms with E-state index in [1.165, 1.54) is 18.2 Å². The Morgan fingerprint density at radius 1 is 1.00 bits per heavy atom. The molecule has 3 rings (SSSR count). The fourth-order valence-electron chi connectivity index (χ4n) is 2.53. The van der Waals surface area contributed by atoms with E-state index in [-0.39, 0.29) is 26.9 Å². The summed E-state index contributed by atoms with van der Waals surface area (Å²) in [5.41, 5.74) is -1.16. The van der Waals surface area contributed by atoms with Crippen LogP contribution < -0.4 is 5.14 Å². The summed E-state index contributed by atoms with van der Waals surface area (Å²) in [6.07, 6.45) is -4.96. The zero-order chi connectivity index (χ0) is 20.9. The van der Waals surface area contributed by atoms with Crippen LogP contribution in [0.25, 0.3) is 22.4 Å². The van der Waals surface area contributed by atoms with Crippen LogP contribution in [-0.2, 0) is 16.2 Å². The highest BCUT2D eigenvalue weighted by atomic mass is 35.5. The minimum Gasteiger partial charge on any atom is -0.350 e. The molecule has 28 heavy (non-hydrogen) atoms. The molecule has 5 nitrogen and oxygen atoms in total. The van der Waals surface area contributed by atoms with Gasteiger partial charge in [-0.15, -0.1) is 0 Å². The molecule has 0 saturated carbocycles. The first kappa shape index (κ1) is 20.6. The number of hydrogen-bond acceptors (Lipinski definition) is 4. The molecule has 1 aromatic heterocycles. The molecule has 0 bridgehead atoms. The van der Waals surface area contributed by atoms with Crippen LogP contribution in [0.1, 0.15) is 5.76 Å². The van der Waals surface area contributed by atoms with Crippen LogP contribution in [0.5, 0.6) is 0 Å². The minimum absolute atomic E-state index is 0.0858. The molecular weight excluding hydrogens is 447 g/mol. The quantitative estimate of drug-likeness (QED) is 0.556. The third-order valence-electron chi connectivity index (χ3n) is 3.61. The first-order chi connectivity index (χ1) is 12.9. The second-order valence-corrected chi connectivity index (χ2v) is 7.98. The van der Waals surface area contributed by atoms with E-state index in [9.17, 15) is 26.0 Å². The van der Waals surface area contributed by atoms with Crippen LogP contribution in [0.3, 0.4) is 0 Å². The van der Waals surface area contributed by atoms with Gasteiger partial charge in [0.2, 0.25) is 15.8 Å². The molecule has 0 aliphatic carbocycles. The van der Waals surface area contributed by atoms with E-state index in [2.05, 4.69) is 9.68 Å². The van der Waals surface area contributed by atoms with Gasteiger partial charge < -0.3 is 4.52 Å². The number of primary sulfonamides is 1. The Morgan fingerprint density at radius 3 is 2.11 bits per heavy atom. The molecule has 0 saturated heterocycles. The Hall–Kier alpha value is -2.14. The summed E-state index contributed by atoms with van der Waals surface area (Å²) in [6.45, 7) is 0. The smallest absolute Gasteiger partial charge is 0.350 e. The predicted molar refractivity (Wildman–Crippen MR) is 93.7 cm³/mol. The number of hydrogen-bond donors (Lipinski definition) is 1. The van der Waals surface area contributed by atoms with E-state index in [4.69, 9.17) is 28.3 Å². The third kappa shape index (κ3) is 4.00. The Kier molecular flexibility index (Phi) is 5.17. The molecule has 0 aliphatic rings. The summed E-state index contributed by atoms with van der Waals surface area (Å²) in [4.78, 5) is -0.867. The first-order valence-corrected chi connectivity index (χ1v) is 9.54. The van der Waals surface area contributed by atoms with Gasteiger partial charge in [0.1, 0.15) is 16.4 Å². The van der Waals surface area contributed by atoms with Crippen LogP contribution in [0.15, 0.2) is 45.8 Å². The van der Waals surface area contributed by atoms with Crippen molar-refractivity contribution in [1.29, 1.82) is 0 Å². The Bertz CT molecular complexity index is 1160. The number of benzene rings is 2. The second kappa shape index (κ2) is 7.03. The summed E-state index contributed by atoms with van der Waals surface area (Å²) < 4.78 is 81.5. The normalized spacial score (nSPS) is 12.4. The second-order valence-electron chi connectivity index (χ2n) is 5.58. The van der Waals surface area contributed by atoms with Crippen molar-refractivity contribution in [3.05, 3.63) is 58.0 Å². The number of sulfonamides is 1. The molecule has 0 unspecified atom stereocenters. The zero-order valence-corrected chi connectivity index (χ0v) is 15.7. The lowest BCUT2D eigenvalue weighted by Crippen LogP contribution is -2.14. The van der Waals surface area contributed by atoms with Gasteiger partial charge in [-0.25, -0.2) is 17.9 Å². The lowest BCUT2D eigenvalue weighted by atomic mass is 9.99. The van der Waals surface area contributed by atoms with Gasteiger partial charge in [-0.3, -0.25) is 0 Å². The Morgan fingerprint density at radius 2 is 1.61 bits per heavy atom. The highest BCUT2D eigenvalue weighted by molar-refractivity contribution is 7.89. The van der Waals surface area contributed by atoms with E-state index >= 15 is 0 Å². The fourth-order valence-corrected chi connectivity index (χ4v) is 3.64. The number of nitrogens with zero attached hydrogens (tertiary/aromatic N) is 1. The predicted octanol–water partition coefficient (Wildman–Crippen LogP) is 5.12. The standard InChI is InChI=1S/C16H8Cl2F4N2O3S/c17-9-3-8(4-10(18)6-9)14-13(15(27-24-14)16(20,21)22)7-1-2-12(11(19)5-7)28(23,25)26/h1-6H,(H2,23,25,26). The van der Waals surface area contributed by atoms with E-state index < -0.39 is 38.2 Å². The molecule has 0 aliphatic heterocycles. The summed E-state index contributed by atoms with van der Waals surface area (Å²) >= 11 is 11.8. The molecule has 12 heteroatoms. The van der Waals surface area contributed by atoms with Crippen molar-refractivity contribution in [2.24, 2.45) is 5.14 Å². The van der Waals surface area contributed by atoms with Gasteiger partial charge in [-0.1, -0.05) is 34.4 Å². The van der Waals surface area contributed by atoms with Crippen molar-refractivity contribution in [1.82, 2.24) is 5.16 Å². The van der Waals surface area contributed by atoms with Gasteiger partial charge in [0.15, 0.2) is 0 Å². The van der Waals surface area contributed by atoms with Crippen LogP contribution in [-0.4, -0.2) is 13.6 Å². The maximum atomic E-state index is 14.2. The van der Waals surface area contributed by atoms with Crippen molar-refractivity contribution in [2.45, 2.75) is 11.1 Å². The fraction of sp³-hybridized carbons (Fsp3) is 0.0625. The summed E-state index contributed by atoms with van der Waals surface area (Å²) in [6, 6.07) is 6.25. The molecule has 3 aromatic rings. The topological polar surface area (TPSA) is 86.2 Å². The van der Waals surface area contributed by atoms with E-state index in [1.807, 2.05) is 0 Å².